The number of unbranched alkanes of at least 4 members (excludes halogenated alkanes) is 1. The lowest BCUT2D eigenvalue weighted by molar-refractivity contribution is 0.318. The number of aliphatic hydroxyl groups is 1. The van der Waals surface area contributed by atoms with Gasteiger partial charge in [-0.05, 0) is 63.2 Å². The van der Waals surface area contributed by atoms with Crippen molar-refractivity contribution in [3.05, 3.63) is 34.9 Å². The molecule has 0 spiro atoms. The van der Waals surface area contributed by atoms with Gasteiger partial charge < -0.3 is 5.11 Å². The van der Waals surface area contributed by atoms with Crippen LogP contribution in [0.25, 0.3) is 0 Å². The Balaban J connectivity index is 0. The van der Waals surface area contributed by atoms with E-state index in [0.717, 1.165) is 12.8 Å². The summed E-state index contributed by atoms with van der Waals surface area (Å²) < 4.78 is 0. The normalized spacial score (nSPS) is 13.0. The SMILES string of the molecule is C=C/C(CCCC)=C(C)\C(CC)=C(/C)CC.CCO. The largest absolute Gasteiger partial charge is 0.397 e. The van der Waals surface area contributed by atoms with E-state index in [1.165, 1.54) is 41.6 Å². The first-order valence-electron chi connectivity index (χ1n) is 7.65. The predicted octanol–water partition coefficient (Wildman–Crippen LogP) is 5.81. The second kappa shape index (κ2) is 13.6. The summed E-state index contributed by atoms with van der Waals surface area (Å²) in [6, 6.07) is 0. The molecule has 1 N–H and O–H groups in total. The van der Waals surface area contributed by atoms with E-state index < -0.39 is 0 Å². The molecule has 0 bridgehead atoms. The highest BCUT2D eigenvalue weighted by molar-refractivity contribution is 5.40. The molecule has 0 radical (unpaired) electrons. The van der Waals surface area contributed by atoms with Gasteiger partial charge in [-0.15, -0.1) is 0 Å². The molecule has 0 heterocycles. The van der Waals surface area contributed by atoms with Crippen LogP contribution in [0.3, 0.4) is 0 Å². The van der Waals surface area contributed by atoms with E-state index >= 15 is 0 Å². The molecule has 0 saturated heterocycles. The van der Waals surface area contributed by atoms with Crippen LogP contribution < -0.4 is 0 Å². The van der Waals surface area contributed by atoms with Crippen LogP contribution in [0.15, 0.2) is 34.9 Å². The minimum atomic E-state index is 0.250. The quantitative estimate of drug-likeness (QED) is 0.576. The third-order valence-electron chi connectivity index (χ3n) is 3.38. The standard InChI is InChI=1S/C16H28.C2H6O/c1-7-11-12-15(9-3)14(6)16(10-4)13(5)8-2;1-2-3/h9H,3,7-8,10-12H2,1-2,4-6H3;3H,2H2,1H3/b15-14+,16-13+;. The summed E-state index contributed by atoms with van der Waals surface area (Å²) in [6.07, 6.45) is 8.02. The number of allylic oxidation sites excluding steroid dienone is 5. The van der Waals surface area contributed by atoms with E-state index in [1.807, 2.05) is 6.08 Å². The molecule has 1 heteroatoms. The van der Waals surface area contributed by atoms with Crippen LogP contribution in [-0.2, 0) is 0 Å². The summed E-state index contributed by atoms with van der Waals surface area (Å²) in [5.74, 6) is 0. The second-order valence-corrected chi connectivity index (χ2v) is 4.74. The van der Waals surface area contributed by atoms with E-state index in [1.54, 1.807) is 6.92 Å². The molecule has 0 aromatic rings. The molecule has 1 nitrogen and oxygen atoms in total. The highest BCUT2D eigenvalue weighted by Gasteiger charge is 2.06. The molecular formula is C18H34O. The molecule has 19 heavy (non-hydrogen) atoms. The Bertz CT molecular complexity index is 295. The smallest absolute Gasteiger partial charge is 0.0402 e. The van der Waals surface area contributed by atoms with Gasteiger partial charge in [-0.2, -0.15) is 0 Å². The molecule has 0 fully saturated rings. The monoisotopic (exact) mass is 266 g/mol. The molecule has 0 rings (SSSR count). The molecule has 0 aromatic carbocycles. The van der Waals surface area contributed by atoms with Crippen LogP contribution in [0.2, 0.25) is 0 Å². The molecule has 0 unspecified atom stereocenters. The average molecular weight is 266 g/mol. The van der Waals surface area contributed by atoms with E-state index in [2.05, 4.69) is 41.2 Å². The molecule has 0 aliphatic rings. The molecule has 0 aliphatic carbocycles. The Morgan fingerprint density at radius 2 is 1.58 bits per heavy atom. The first-order chi connectivity index (χ1) is 9.03. The van der Waals surface area contributed by atoms with Crippen molar-refractivity contribution in [3.63, 3.8) is 0 Å². The number of rotatable bonds is 7. The van der Waals surface area contributed by atoms with Crippen molar-refractivity contribution >= 4 is 0 Å². The summed E-state index contributed by atoms with van der Waals surface area (Å²) in [5, 5.41) is 7.57. The molecule has 112 valence electrons. The van der Waals surface area contributed by atoms with Crippen molar-refractivity contribution in [1.29, 1.82) is 0 Å². The zero-order valence-corrected chi connectivity index (χ0v) is 14.0. The van der Waals surface area contributed by atoms with Crippen LogP contribution in [0.1, 0.15) is 73.6 Å². The van der Waals surface area contributed by atoms with Crippen molar-refractivity contribution in [1.82, 2.24) is 0 Å². The van der Waals surface area contributed by atoms with Crippen molar-refractivity contribution in [2.45, 2.75) is 73.6 Å². The lowest BCUT2D eigenvalue weighted by Gasteiger charge is -2.14. The zero-order valence-electron chi connectivity index (χ0n) is 14.0. The lowest BCUT2D eigenvalue weighted by Crippen LogP contribution is -1.94. The Hall–Kier alpha value is -0.820. The molecule has 0 amide bonds. The maximum absolute atomic E-state index is 7.57. The Labute approximate surface area is 121 Å². The Morgan fingerprint density at radius 1 is 1.05 bits per heavy atom. The third-order valence-corrected chi connectivity index (χ3v) is 3.38. The minimum absolute atomic E-state index is 0.250. The van der Waals surface area contributed by atoms with Gasteiger partial charge in [0.15, 0.2) is 0 Å². The third kappa shape index (κ3) is 8.83. The van der Waals surface area contributed by atoms with Crippen molar-refractivity contribution in [3.8, 4) is 0 Å². The molecule has 0 saturated carbocycles. The van der Waals surface area contributed by atoms with Gasteiger partial charge in [0.2, 0.25) is 0 Å². The van der Waals surface area contributed by atoms with Gasteiger partial charge in [0.05, 0.1) is 0 Å². The number of hydrogen-bond donors (Lipinski definition) is 1. The summed E-state index contributed by atoms with van der Waals surface area (Å²) in [7, 11) is 0. The van der Waals surface area contributed by atoms with Crippen LogP contribution in [-0.4, -0.2) is 11.7 Å². The summed E-state index contributed by atoms with van der Waals surface area (Å²) >= 11 is 0. The van der Waals surface area contributed by atoms with Crippen molar-refractivity contribution in [2.75, 3.05) is 6.61 Å². The predicted molar refractivity (Wildman–Crippen MR) is 88.5 cm³/mol. The molecular weight excluding hydrogens is 232 g/mol. The van der Waals surface area contributed by atoms with Gasteiger partial charge in [-0.3, -0.25) is 0 Å². The van der Waals surface area contributed by atoms with Crippen molar-refractivity contribution < 1.29 is 5.11 Å². The van der Waals surface area contributed by atoms with Gasteiger partial charge >= 0.3 is 0 Å². The summed E-state index contributed by atoms with van der Waals surface area (Å²) in [5.41, 5.74) is 5.96. The number of hydrogen-bond acceptors (Lipinski definition) is 1. The molecule has 0 aliphatic heterocycles. The fourth-order valence-electron chi connectivity index (χ4n) is 2.10. The average Bonchev–Trinajstić information content (AvgIpc) is 2.41. The first-order valence-corrected chi connectivity index (χ1v) is 7.65. The second-order valence-electron chi connectivity index (χ2n) is 4.74. The fourth-order valence-corrected chi connectivity index (χ4v) is 2.10. The van der Waals surface area contributed by atoms with Gasteiger partial charge in [0.25, 0.3) is 0 Å². The summed E-state index contributed by atoms with van der Waals surface area (Å²) in [4.78, 5) is 0. The Morgan fingerprint density at radius 3 is 1.89 bits per heavy atom. The maximum atomic E-state index is 7.57. The topological polar surface area (TPSA) is 20.2 Å². The highest BCUT2D eigenvalue weighted by Crippen LogP contribution is 2.25. The zero-order chi connectivity index (χ0) is 15.3. The lowest BCUT2D eigenvalue weighted by atomic mass is 9.92. The number of aliphatic hydroxyl groups excluding tert-OH is 1. The van der Waals surface area contributed by atoms with E-state index in [-0.39, 0.29) is 6.61 Å². The van der Waals surface area contributed by atoms with E-state index in [4.69, 9.17) is 5.11 Å². The fraction of sp³-hybridized carbons (Fsp3) is 0.667. The summed E-state index contributed by atoms with van der Waals surface area (Å²) in [6.45, 7) is 17.1. The van der Waals surface area contributed by atoms with Crippen molar-refractivity contribution in [2.24, 2.45) is 0 Å². The highest BCUT2D eigenvalue weighted by atomic mass is 16.2. The van der Waals surface area contributed by atoms with Gasteiger partial charge in [-0.1, -0.05) is 45.4 Å². The van der Waals surface area contributed by atoms with Crippen LogP contribution in [0.4, 0.5) is 0 Å². The van der Waals surface area contributed by atoms with Crippen LogP contribution in [0, 0.1) is 0 Å². The van der Waals surface area contributed by atoms with Crippen LogP contribution >= 0.6 is 0 Å². The van der Waals surface area contributed by atoms with Gasteiger partial charge in [-0.25, -0.2) is 0 Å². The minimum Gasteiger partial charge on any atom is -0.397 e. The molecule has 0 atom stereocenters. The van der Waals surface area contributed by atoms with Crippen LogP contribution in [0.5, 0.6) is 0 Å². The first kappa shape index (κ1) is 20.5. The Kier molecular flexibility index (Phi) is 14.7. The maximum Gasteiger partial charge on any atom is 0.0402 e. The van der Waals surface area contributed by atoms with Gasteiger partial charge in [0, 0.05) is 6.61 Å². The van der Waals surface area contributed by atoms with E-state index in [0.29, 0.717) is 0 Å². The van der Waals surface area contributed by atoms with E-state index in [9.17, 15) is 0 Å². The molecule has 0 aromatic heterocycles. The van der Waals surface area contributed by atoms with Gasteiger partial charge in [0.1, 0.15) is 0 Å².